The summed E-state index contributed by atoms with van der Waals surface area (Å²) >= 11 is 0.204. The lowest BCUT2D eigenvalue weighted by molar-refractivity contribution is 0.440. The number of thiocyanates is 1. The number of pyridine rings is 1. The monoisotopic (exact) mass is 204 g/mol. The molecule has 1 heterocycles. The fourth-order valence-corrected chi connectivity index (χ4v) is 1.13. The average Bonchev–Trinajstić information content (AvgIpc) is 2.09. The predicted molar refractivity (Wildman–Crippen MR) is 40.3 cm³/mol. The Labute approximate surface area is 76.4 Å². The van der Waals surface area contributed by atoms with Crippen molar-refractivity contribution in [3.63, 3.8) is 0 Å². The van der Waals surface area contributed by atoms with Gasteiger partial charge >= 0.3 is 0 Å². The van der Waals surface area contributed by atoms with Gasteiger partial charge in [0.25, 0.3) is 0 Å². The van der Waals surface area contributed by atoms with Gasteiger partial charge in [-0.1, -0.05) is 0 Å². The van der Waals surface area contributed by atoms with Gasteiger partial charge in [0.05, 0.1) is 5.69 Å². The smallest absolute Gasteiger partial charge is 0.221 e. The minimum Gasteiger partial charge on any atom is -0.221 e. The van der Waals surface area contributed by atoms with Gasteiger partial charge in [-0.2, -0.15) is 9.65 Å². The van der Waals surface area contributed by atoms with Crippen molar-refractivity contribution < 1.29 is 13.2 Å². The van der Waals surface area contributed by atoms with Crippen LogP contribution in [0, 0.1) is 35.2 Å². The summed E-state index contributed by atoms with van der Waals surface area (Å²) < 4.78 is 38.4. The Balaban J connectivity index is 3.36. The van der Waals surface area contributed by atoms with Gasteiger partial charge in [-0.25, -0.2) is 13.8 Å². The molecule has 0 aliphatic heterocycles. The van der Waals surface area contributed by atoms with Crippen LogP contribution in [0.2, 0.25) is 0 Å². The molecule has 0 unspecified atom stereocenters. The lowest BCUT2D eigenvalue weighted by Crippen LogP contribution is -2.00. The number of aromatic nitrogens is 1. The molecule has 0 aromatic carbocycles. The summed E-state index contributed by atoms with van der Waals surface area (Å²) in [6.07, 6.45) is 0. The largest absolute Gasteiger partial charge is 0.231 e. The Morgan fingerprint density at radius 3 is 2.46 bits per heavy atom. The third-order valence-corrected chi connectivity index (χ3v) is 1.95. The lowest BCUT2D eigenvalue weighted by Gasteiger charge is -2.01. The SMILES string of the molecule is Cc1nc(F)c(SC#N)c(F)c1F. The van der Waals surface area contributed by atoms with E-state index in [1.54, 1.807) is 0 Å². The molecule has 0 saturated carbocycles. The Morgan fingerprint density at radius 2 is 1.92 bits per heavy atom. The minimum absolute atomic E-state index is 0.204. The van der Waals surface area contributed by atoms with E-state index in [0.717, 1.165) is 6.92 Å². The number of hydrogen-bond acceptors (Lipinski definition) is 3. The lowest BCUT2D eigenvalue weighted by atomic mass is 10.3. The normalized spacial score (nSPS) is 9.77. The molecule has 0 fully saturated rings. The second-order valence-corrected chi connectivity index (χ2v) is 2.93. The van der Waals surface area contributed by atoms with Gasteiger partial charge in [0.15, 0.2) is 11.6 Å². The van der Waals surface area contributed by atoms with Crippen molar-refractivity contribution >= 4 is 11.8 Å². The van der Waals surface area contributed by atoms with Crippen LogP contribution in [-0.4, -0.2) is 4.98 Å². The molecule has 0 amide bonds. The summed E-state index contributed by atoms with van der Waals surface area (Å²) in [5.74, 6) is -3.75. The molecule has 0 radical (unpaired) electrons. The van der Waals surface area contributed by atoms with Crippen LogP contribution < -0.4 is 0 Å². The Kier molecular flexibility index (Phi) is 2.78. The minimum atomic E-state index is -1.36. The first kappa shape index (κ1) is 9.86. The summed E-state index contributed by atoms with van der Waals surface area (Å²) in [5, 5.41) is 9.60. The van der Waals surface area contributed by atoms with Crippen molar-refractivity contribution in [1.82, 2.24) is 4.98 Å². The zero-order valence-corrected chi connectivity index (χ0v) is 7.25. The number of halogens is 3. The van der Waals surface area contributed by atoms with Gasteiger partial charge in [-0.15, -0.1) is 0 Å². The van der Waals surface area contributed by atoms with Gasteiger partial charge < -0.3 is 0 Å². The van der Waals surface area contributed by atoms with Crippen LogP contribution in [0.4, 0.5) is 13.2 Å². The van der Waals surface area contributed by atoms with Crippen molar-refractivity contribution in [3.05, 3.63) is 23.3 Å². The fourth-order valence-electron chi connectivity index (χ4n) is 0.729. The van der Waals surface area contributed by atoms with Crippen molar-refractivity contribution in [2.75, 3.05) is 0 Å². The molecule has 2 nitrogen and oxygen atoms in total. The summed E-state index contributed by atoms with van der Waals surface area (Å²) in [6.45, 7) is 1.14. The second kappa shape index (κ2) is 3.66. The number of hydrogen-bond donors (Lipinski definition) is 0. The number of rotatable bonds is 1. The van der Waals surface area contributed by atoms with Crippen molar-refractivity contribution in [2.45, 2.75) is 11.8 Å². The van der Waals surface area contributed by atoms with Gasteiger partial charge in [-0.3, -0.25) is 0 Å². The first-order chi connectivity index (χ1) is 6.07. The molecule has 68 valence electrons. The molecular formula is C7H3F3N2S. The molecule has 0 atom stereocenters. The summed E-state index contributed by atoms with van der Waals surface area (Å²) in [4.78, 5) is 2.40. The highest BCUT2D eigenvalue weighted by Crippen LogP contribution is 2.25. The van der Waals surface area contributed by atoms with E-state index in [4.69, 9.17) is 5.26 Å². The molecule has 1 rings (SSSR count). The van der Waals surface area contributed by atoms with Crippen LogP contribution in [0.5, 0.6) is 0 Å². The second-order valence-electron chi connectivity index (χ2n) is 2.14. The van der Waals surface area contributed by atoms with Crippen molar-refractivity contribution in [3.8, 4) is 5.40 Å². The van der Waals surface area contributed by atoms with E-state index in [1.807, 2.05) is 0 Å². The maximum Gasteiger partial charge on any atom is 0.231 e. The average molecular weight is 204 g/mol. The molecular weight excluding hydrogens is 201 g/mol. The number of nitriles is 1. The Hall–Kier alpha value is -1.22. The van der Waals surface area contributed by atoms with Gasteiger partial charge in [0.1, 0.15) is 10.3 Å². The highest BCUT2D eigenvalue weighted by atomic mass is 32.2. The van der Waals surface area contributed by atoms with E-state index in [0.29, 0.717) is 0 Å². The molecule has 13 heavy (non-hydrogen) atoms. The number of aryl methyl sites for hydroxylation is 1. The fraction of sp³-hybridized carbons (Fsp3) is 0.143. The van der Waals surface area contributed by atoms with Crippen LogP contribution in [0.3, 0.4) is 0 Å². The van der Waals surface area contributed by atoms with Crippen molar-refractivity contribution in [1.29, 1.82) is 5.26 Å². The van der Waals surface area contributed by atoms with E-state index < -0.39 is 22.5 Å². The third-order valence-electron chi connectivity index (χ3n) is 1.31. The molecule has 0 bridgehead atoms. The number of thioether (sulfide) groups is 1. The van der Waals surface area contributed by atoms with Crippen LogP contribution in [0.25, 0.3) is 0 Å². The standard InChI is InChI=1S/C7H3F3N2S/c1-3-4(8)5(9)6(13-2-11)7(10)12-3/h1H3. The van der Waals surface area contributed by atoms with Gasteiger partial charge in [0.2, 0.25) is 5.95 Å². The van der Waals surface area contributed by atoms with Crippen LogP contribution >= 0.6 is 11.8 Å². The first-order valence-corrected chi connectivity index (χ1v) is 3.96. The molecule has 0 aliphatic rings. The summed E-state index contributed by atoms with van der Waals surface area (Å²) in [6, 6.07) is 0. The molecule has 0 N–H and O–H groups in total. The molecule has 1 aromatic heterocycles. The highest BCUT2D eigenvalue weighted by Gasteiger charge is 2.18. The quantitative estimate of drug-likeness (QED) is 0.400. The molecule has 1 aromatic rings. The van der Waals surface area contributed by atoms with E-state index in [9.17, 15) is 13.2 Å². The Bertz CT molecular complexity index is 386. The summed E-state index contributed by atoms with van der Waals surface area (Å²) in [7, 11) is 0. The third kappa shape index (κ3) is 1.75. The van der Waals surface area contributed by atoms with E-state index >= 15 is 0 Å². The first-order valence-electron chi connectivity index (χ1n) is 3.15. The van der Waals surface area contributed by atoms with Crippen LogP contribution in [0.1, 0.15) is 5.69 Å². The zero-order valence-electron chi connectivity index (χ0n) is 6.44. The van der Waals surface area contributed by atoms with Crippen LogP contribution in [0.15, 0.2) is 4.90 Å². The van der Waals surface area contributed by atoms with Crippen LogP contribution in [-0.2, 0) is 0 Å². The topological polar surface area (TPSA) is 36.7 Å². The maximum atomic E-state index is 12.9. The van der Waals surface area contributed by atoms with Gasteiger partial charge in [-0.05, 0) is 18.7 Å². The maximum absolute atomic E-state index is 12.9. The van der Waals surface area contributed by atoms with E-state index in [1.165, 1.54) is 5.40 Å². The van der Waals surface area contributed by atoms with E-state index in [2.05, 4.69) is 4.98 Å². The molecule has 0 aliphatic carbocycles. The Morgan fingerprint density at radius 1 is 1.31 bits per heavy atom. The molecule has 6 heteroatoms. The predicted octanol–water partition coefficient (Wildman–Crippen LogP) is 2.38. The molecule has 0 spiro atoms. The number of nitrogens with zero attached hydrogens (tertiary/aromatic N) is 2. The van der Waals surface area contributed by atoms with Gasteiger partial charge in [0, 0.05) is 0 Å². The summed E-state index contributed by atoms with van der Waals surface area (Å²) in [5.41, 5.74) is -0.364. The van der Waals surface area contributed by atoms with E-state index in [-0.39, 0.29) is 17.5 Å². The van der Waals surface area contributed by atoms with Crippen molar-refractivity contribution in [2.24, 2.45) is 0 Å². The zero-order chi connectivity index (χ0) is 10.0. The highest BCUT2D eigenvalue weighted by molar-refractivity contribution is 8.03. The molecule has 0 saturated heterocycles.